The van der Waals surface area contributed by atoms with Crippen molar-refractivity contribution < 1.29 is 9.32 Å². The van der Waals surface area contributed by atoms with E-state index >= 15 is 0 Å². The Labute approximate surface area is 128 Å². The Morgan fingerprint density at radius 2 is 2.24 bits per heavy atom. The molecule has 114 valence electrons. The van der Waals surface area contributed by atoms with Crippen molar-refractivity contribution in [3.63, 3.8) is 0 Å². The fraction of sp³-hybridized carbons (Fsp3) is 0.533. The van der Waals surface area contributed by atoms with Crippen LogP contribution in [0.1, 0.15) is 39.5 Å². The zero-order valence-electron chi connectivity index (χ0n) is 12.6. The van der Waals surface area contributed by atoms with Crippen LogP contribution in [0.3, 0.4) is 0 Å². The van der Waals surface area contributed by atoms with E-state index in [0.717, 1.165) is 4.88 Å². The highest BCUT2D eigenvalue weighted by atomic mass is 32.1. The molecule has 0 aliphatic heterocycles. The Hall–Kier alpha value is -1.69. The topological polar surface area (TPSA) is 68.0 Å². The average Bonchev–Trinajstić information content (AvgIpc) is 3.08. The largest absolute Gasteiger partial charge is 0.353 e. The predicted octanol–water partition coefficient (Wildman–Crippen LogP) is 3.28. The minimum atomic E-state index is 0.0780. The highest BCUT2D eigenvalue weighted by Gasteiger charge is 2.12. The maximum Gasteiger partial charge on any atom is 0.226 e. The minimum Gasteiger partial charge on any atom is -0.353 e. The number of rotatable bonds is 7. The second-order valence-electron chi connectivity index (χ2n) is 5.44. The quantitative estimate of drug-likeness (QED) is 0.852. The third-order valence-corrected chi connectivity index (χ3v) is 4.26. The van der Waals surface area contributed by atoms with Crippen LogP contribution in [-0.2, 0) is 11.2 Å². The van der Waals surface area contributed by atoms with Gasteiger partial charge in [-0.05, 0) is 30.7 Å². The van der Waals surface area contributed by atoms with E-state index in [1.165, 1.54) is 0 Å². The van der Waals surface area contributed by atoms with E-state index in [0.29, 0.717) is 36.9 Å². The Bertz CT molecular complexity index is 563. The molecule has 2 aromatic rings. The van der Waals surface area contributed by atoms with E-state index in [2.05, 4.69) is 29.3 Å². The van der Waals surface area contributed by atoms with Crippen LogP contribution in [0, 0.1) is 5.92 Å². The van der Waals surface area contributed by atoms with Crippen LogP contribution in [-0.4, -0.2) is 22.1 Å². The van der Waals surface area contributed by atoms with E-state index in [4.69, 9.17) is 4.52 Å². The van der Waals surface area contributed by atoms with Crippen LogP contribution < -0.4 is 5.32 Å². The molecule has 1 atom stereocenters. The monoisotopic (exact) mass is 307 g/mol. The normalized spacial score (nSPS) is 12.6. The lowest BCUT2D eigenvalue weighted by atomic mass is 10.1. The Kier molecular flexibility index (Phi) is 5.50. The summed E-state index contributed by atoms with van der Waals surface area (Å²) in [5.41, 5.74) is 0. The molecule has 2 aromatic heterocycles. The molecule has 1 amide bonds. The molecule has 0 fully saturated rings. The van der Waals surface area contributed by atoms with Gasteiger partial charge in [0.25, 0.3) is 0 Å². The van der Waals surface area contributed by atoms with E-state index in [-0.39, 0.29) is 11.9 Å². The van der Waals surface area contributed by atoms with E-state index < -0.39 is 0 Å². The number of amides is 1. The Morgan fingerprint density at radius 3 is 2.90 bits per heavy atom. The number of hydrogen-bond acceptors (Lipinski definition) is 5. The van der Waals surface area contributed by atoms with Gasteiger partial charge in [-0.1, -0.05) is 25.1 Å². The number of carbonyl (C=O) groups excluding carboxylic acids is 1. The minimum absolute atomic E-state index is 0.0780. The molecular formula is C15H21N3O2S. The molecule has 0 saturated heterocycles. The number of carbonyl (C=O) groups is 1. The molecule has 0 bridgehead atoms. The van der Waals surface area contributed by atoms with Crippen molar-refractivity contribution in [3.8, 4) is 10.7 Å². The molecule has 0 saturated carbocycles. The summed E-state index contributed by atoms with van der Waals surface area (Å²) >= 11 is 1.58. The van der Waals surface area contributed by atoms with Gasteiger partial charge in [0.2, 0.25) is 17.6 Å². The van der Waals surface area contributed by atoms with E-state index in [1.807, 2.05) is 24.4 Å². The van der Waals surface area contributed by atoms with Gasteiger partial charge in [-0.15, -0.1) is 11.3 Å². The lowest BCUT2D eigenvalue weighted by Gasteiger charge is -2.17. The summed E-state index contributed by atoms with van der Waals surface area (Å²) in [7, 11) is 0. The highest BCUT2D eigenvalue weighted by Crippen LogP contribution is 2.21. The smallest absolute Gasteiger partial charge is 0.226 e. The average molecular weight is 307 g/mol. The van der Waals surface area contributed by atoms with Crippen LogP contribution >= 0.6 is 11.3 Å². The Morgan fingerprint density at radius 1 is 1.43 bits per heavy atom. The molecule has 0 aliphatic carbocycles. The third-order valence-electron chi connectivity index (χ3n) is 3.39. The summed E-state index contributed by atoms with van der Waals surface area (Å²) in [4.78, 5) is 17.1. The lowest BCUT2D eigenvalue weighted by Crippen LogP contribution is -2.35. The molecular weight excluding hydrogens is 286 g/mol. The van der Waals surface area contributed by atoms with Crippen LogP contribution in [0.25, 0.3) is 10.7 Å². The second kappa shape index (κ2) is 7.36. The molecule has 0 aliphatic rings. The fourth-order valence-electron chi connectivity index (χ4n) is 1.76. The summed E-state index contributed by atoms with van der Waals surface area (Å²) in [5, 5.41) is 8.92. The van der Waals surface area contributed by atoms with Gasteiger partial charge >= 0.3 is 0 Å². The van der Waals surface area contributed by atoms with Gasteiger partial charge in [-0.2, -0.15) is 4.98 Å². The molecule has 0 radical (unpaired) electrons. The van der Waals surface area contributed by atoms with Crippen molar-refractivity contribution in [2.24, 2.45) is 5.92 Å². The zero-order chi connectivity index (χ0) is 15.2. The number of thiophene rings is 1. The van der Waals surface area contributed by atoms with Gasteiger partial charge in [0, 0.05) is 18.9 Å². The summed E-state index contributed by atoms with van der Waals surface area (Å²) in [5.74, 6) is 1.73. The van der Waals surface area contributed by atoms with Crippen molar-refractivity contribution in [1.82, 2.24) is 15.5 Å². The second-order valence-corrected chi connectivity index (χ2v) is 6.39. The molecule has 6 heteroatoms. The maximum absolute atomic E-state index is 11.8. The van der Waals surface area contributed by atoms with Crippen LogP contribution in [0.5, 0.6) is 0 Å². The van der Waals surface area contributed by atoms with Gasteiger partial charge in [0.05, 0.1) is 4.88 Å². The zero-order valence-corrected chi connectivity index (χ0v) is 13.4. The maximum atomic E-state index is 11.8. The molecule has 2 heterocycles. The molecule has 0 aromatic carbocycles. The third kappa shape index (κ3) is 4.67. The molecule has 21 heavy (non-hydrogen) atoms. The van der Waals surface area contributed by atoms with Crippen LogP contribution in [0.2, 0.25) is 0 Å². The molecule has 2 rings (SSSR count). The Balaban J connectivity index is 1.75. The number of nitrogens with zero attached hydrogens (tertiary/aromatic N) is 2. The van der Waals surface area contributed by atoms with Gasteiger partial charge in [0.1, 0.15) is 0 Å². The van der Waals surface area contributed by atoms with Crippen LogP contribution in [0.4, 0.5) is 0 Å². The first kappa shape index (κ1) is 15.7. The number of aromatic nitrogens is 2. The number of aryl methyl sites for hydroxylation is 1. The number of nitrogens with one attached hydrogen (secondary N) is 1. The molecule has 0 spiro atoms. The molecule has 1 N–H and O–H groups in total. The van der Waals surface area contributed by atoms with Gasteiger partial charge in [-0.25, -0.2) is 0 Å². The first-order valence-electron chi connectivity index (χ1n) is 7.22. The van der Waals surface area contributed by atoms with Crippen molar-refractivity contribution in [2.75, 3.05) is 0 Å². The van der Waals surface area contributed by atoms with Crippen molar-refractivity contribution >= 4 is 17.2 Å². The van der Waals surface area contributed by atoms with Crippen molar-refractivity contribution in [3.05, 3.63) is 23.4 Å². The summed E-state index contributed by atoms with van der Waals surface area (Å²) in [6.45, 7) is 6.21. The molecule has 5 nitrogen and oxygen atoms in total. The van der Waals surface area contributed by atoms with Gasteiger partial charge < -0.3 is 9.84 Å². The summed E-state index contributed by atoms with van der Waals surface area (Å²) in [6.07, 6.45) is 1.82. The van der Waals surface area contributed by atoms with Crippen molar-refractivity contribution in [2.45, 2.75) is 46.1 Å². The van der Waals surface area contributed by atoms with E-state index in [1.54, 1.807) is 11.3 Å². The van der Waals surface area contributed by atoms with Crippen LogP contribution in [0.15, 0.2) is 22.0 Å². The van der Waals surface area contributed by atoms with Gasteiger partial charge in [0.15, 0.2) is 0 Å². The SMILES string of the molecule is CC(C)C(C)NC(=O)CCCc1nc(-c2cccs2)no1. The lowest BCUT2D eigenvalue weighted by molar-refractivity contribution is -0.122. The first-order chi connectivity index (χ1) is 10.1. The summed E-state index contributed by atoms with van der Waals surface area (Å²) in [6, 6.07) is 4.11. The summed E-state index contributed by atoms with van der Waals surface area (Å²) < 4.78 is 5.20. The number of hydrogen-bond donors (Lipinski definition) is 1. The fourth-order valence-corrected chi connectivity index (χ4v) is 2.40. The van der Waals surface area contributed by atoms with E-state index in [9.17, 15) is 4.79 Å². The first-order valence-corrected chi connectivity index (χ1v) is 8.10. The van der Waals surface area contributed by atoms with Crippen molar-refractivity contribution in [1.29, 1.82) is 0 Å². The predicted molar refractivity (Wildman–Crippen MR) is 83.0 cm³/mol. The standard InChI is InChI=1S/C15H21N3O2S/c1-10(2)11(3)16-13(19)7-4-8-14-17-15(18-20-14)12-6-5-9-21-12/h5-6,9-11H,4,7-8H2,1-3H3,(H,16,19). The van der Waals surface area contributed by atoms with Gasteiger partial charge in [-0.3, -0.25) is 4.79 Å². The highest BCUT2D eigenvalue weighted by molar-refractivity contribution is 7.13. The molecule has 1 unspecified atom stereocenters.